The minimum Gasteiger partial charge on any atom is -0.503 e. The van der Waals surface area contributed by atoms with E-state index in [9.17, 15) is 78.0 Å². The summed E-state index contributed by atoms with van der Waals surface area (Å²) in [4.78, 5) is 168. The fraction of sp³-hybridized carbons (Fsp3) is 0.0909. The molecule has 126 heavy (non-hydrogen) atoms. The van der Waals surface area contributed by atoms with Crippen LogP contribution in [0.25, 0.3) is 19.4 Å². The average Bonchev–Trinajstić information content (AvgIpc) is 0.742. The number of hydrogen-bond donors (Lipinski definition) is 4. The van der Waals surface area contributed by atoms with Crippen LogP contribution in [0.2, 0.25) is 30.1 Å². The van der Waals surface area contributed by atoms with E-state index in [2.05, 4.69) is 60.3 Å². The van der Waals surface area contributed by atoms with Crippen molar-refractivity contribution in [2.24, 2.45) is 69.1 Å². The smallest absolute Gasteiger partial charge is 0.278 e. The van der Waals surface area contributed by atoms with E-state index in [0.29, 0.717) is 0 Å². The maximum absolute atomic E-state index is 13.3. The zero-order valence-electron chi connectivity index (χ0n) is 65.8. The molecule has 12 aromatic rings. The van der Waals surface area contributed by atoms with Gasteiger partial charge >= 0.3 is 0 Å². The molecule has 0 fully saturated rings. The van der Waals surface area contributed by atoms with Gasteiger partial charge in [0.05, 0.1) is 135 Å². The number of ketones is 8. The number of nitrogens with zero attached hydrogens (tertiary/aromatic N) is 16. The fourth-order valence-electron chi connectivity index (χ4n) is 14.0. The molecule has 0 aliphatic heterocycles. The molecule has 4 aromatic heterocycles. The highest BCUT2D eigenvalue weighted by atomic mass is 35.5. The third-order valence-electron chi connectivity index (χ3n) is 20.6. The number of halogens is 6. The third-order valence-corrected chi connectivity index (χ3v) is 22.5. The number of aromatic nitrogens is 4. The van der Waals surface area contributed by atoms with Gasteiger partial charge in [0.1, 0.15) is 22.7 Å². The summed E-state index contributed by atoms with van der Waals surface area (Å²) in [5.74, 6) is -5.63. The molecule has 0 saturated heterocycles. The van der Waals surface area contributed by atoms with Gasteiger partial charge in [-0.3, -0.25) is 75.8 Å². The highest BCUT2D eigenvalue weighted by Crippen LogP contribution is 2.46. The minimum atomic E-state index is -0.677. The molecule has 8 aromatic carbocycles. The van der Waals surface area contributed by atoms with Crippen LogP contribution in [0.5, 0.6) is 23.5 Å². The molecule has 0 atom stereocenters. The first-order valence-electron chi connectivity index (χ1n) is 36.2. The van der Waals surface area contributed by atoms with Gasteiger partial charge in [-0.2, -0.15) is 0 Å². The molecule has 4 aliphatic rings. The number of aromatic hydroxyl groups is 4. The number of hydrogen-bond acceptors (Lipinski definition) is 24. The van der Waals surface area contributed by atoms with E-state index in [1.807, 2.05) is 0 Å². The number of carbonyl (C=O) groups is 8. The van der Waals surface area contributed by atoms with Crippen LogP contribution in [0, 0.1) is 54.0 Å². The Bertz CT molecular complexity index is 7230. The van der Waals surface area contributed by atoms with Crippen molar-refractivity contribution in [2.75, 3.05) is 0 Å². The zero-order valence-corrected chi connectivity index (χ0v) is 70.3. The van der Waals surface area contributed by atoms with E-state index in [0.717, 1.165) is 18.3 Å². The normalized spacial score (nSPS) is 12.6. The van der Waals surface area contributed by atoms with Crippen molar-refractivity contribution in [2.45, 2.75) is 27.7 Å². The predicted octanol–water partition coefficient (Wildman–Crippen LogP) is 20.5. The molecule has 0 bridgehead atoms. The lowest BCUT2D eigenvalue weighted by Crippen LogP contribution is -2.22. The minimum absolute atomic E-state index is 0.0171. The Morgan fingerprint density at radius 2 is 0.421 bits per heavy atom. The van der Waals surface area contributed by atoms with E-state index in [-0.39, 0.29) is 210 Å². The summed E-state index contributed by atoms with van der Waals surface area (Å²) in [7, 11) is 5.19. The number of pyridine rings is 4. The molecule has 38 heteroatoms. The first-order chi connectivity index (χ1) is 59.9. The van der Waals surface area contributed by atoms with E-state index < -0.39 is 92.0 Å². The van der Waals surface area contributed by atoms with Gasteiger partial charge < -0.3 is 20.4 Å². The van der Waals surface area contributed by atoms with Crippen molar-refractivity contribution in [3.8, 4) is 23.5 Å². The van der Waals surface area contributed by atoms with E-state index in [1.54, 1.807) is 36.4 Å². The Labute approximate surface area is 738 Å². The second kappa shape index (κ2) is 34.6. The van der Waals surface area contributed by atoms with Crippen LogP contribution in [0.4, 0.5) is 68.2 Å². The molecular formula is C88H50Cl6N16O16. The van der Waals surface area contributed by atoms with Crippen molar-refractivity contribution in [1.29, 1.82) is 0 Å². The molecular weight excluding hydrogens is 1750 g/mol. The van der Waals surface area contributed by atoms with Gasteiger partial charge in [0, 0.05) is 61.6 Å². The molecule has 0 radical (unpaired) electrons. The van der Waals surface area contributed by atoms with Crippen LogP contribution < -0.4 is 22.2 Å². The summed E-state index contributed by atoms with van der Waals surface area (Å²) in [6.45, 7) is 34.8. The summed E-state index contributed by atoms with van der Waals surface area (Å²) < 4.78 is 3.54. The highest BCUT2D eigenvalue weighted by molar-refractivity contribution is 6.46. The lowest BCUT2D eigenvalue weighted by molar-refractivity contribution is 0.0979. The molecule has 4 N–H and O–H groups in total. The Balaban J connectivity index is 0.000000144. The lowest BCUT2D eigenvalue weighted by Gasteiger charge is -2.20. The topological polar surface area (TPSA) is 422 Å². The van der Waals surface area contributed by atoms with E-state index in [1.165, 1.54) is 153 Å². The van der Waals surface area contributed by atoms with Gasteiger partial charge in [0.15, 0.2) is 69.8 Å². The average molecular weight is 1800 g/mol. The Morgan fingerprint density at radius 3 is 0.643 bits per heavy atom. The van der Waals surface area contributed by atoms with Gasteiger partial charge in [-0.1, -0.05) is 142 Å². The van der Waals surface area contributed by atoms with Gasteiger partial charge in [-0.05, 0) is 111 Å². The predicted molar refractivity (Wildman–Crippen MR) is 463 cm³/mol. The van der Waals surface area contributed by atoms with Crippen LogP contribution in [-0.4, -0.2) is 85.0 Å². The van der Waals surface area contributed by atoms with Gasteiger partial charge in [0.25, 0.3) is 22.2 Å². The quantitative estimate of drug-likeness (QED) is 0.0811. The molecule has 4 heterocycles. The standard InChI is InChI=1S/2C22H12Cl2N4O4.2C22H13ClN4O4/c2*1-9-17(25-2)21(31)28(3)22(32)18(9)27-26-13-6-4-5-10-14(13)20(30)16-12(24)8-7-11(23)15(16)19(10)29;2*1-10-17(24-2)21(30)27(3)22(31)18(10)26-25-14-9-5-7-12-16(14)20(29)11-6-4-8-13(23)15(11)19(12)28/h2*4-8,31H,1,3H3;2*4-9,30H,1,3H3. The second-order valence-electron chi connectivity index (χ2n) is 27.6. The number of benzene rings is 8. The van der Waals surface area contributed by atoms with Crippen molar-refractivity contribution in [1.82, 2.24) is 18.3 Å². The number of fused-ring (bicyclic) bond motifs is 8. The third kappa shape index (κ3) is 14.8. The SMILES string of the molecule is [C-]#[N+]c1c(C)c(N=Nc2cccc3c2C(=O)c2c(Cl)ccc(Cl)c2C3=O)c(=O)n(C)c1O.[C-]#[N+]c1c(C)c(N=Nc2cccc3c2C(=O)c2c(Cl)ccc(Cl)c2C3=O)c(=O)n(C)c1O.[C-]#[N+]c1c(C)c(N=Nc2cccc3c2C(=O)c2cccc(Cl)c2C3=O)c(=O)n(C)c1O.[C-]#[N+]c1c(C)c(N=Nc2cccc3c2C(=O)c2cccc(Cl)c2C3=O)c(=O)n(C)c1O. The van der Waals surface area contributed by atoms with Crippen molar-refractivity contribution in [3.63, 3.8) is 0 Å². The Hall–Kier alpha value is -15.8. The molecule has 4 aliphatic carbocycles. The fourth-order valence-corrected chi connectivity index (χ4v) is 15.5. The molecule has 32 nitrogen and oxygen atoms in total. The van der Waals surface area contributed by atoms with E-state index in [4.69, 9.17) is 95.9 Å². The van der Waals surface area contributed by atoms with Crippen molar-refractivity contribution in [3.05, 3.63) is 362 Å². The highest BCUT2D eigenvalue weighted by Gasteiger charge is 2.40. The molecule has 16 rings (SSSR count). The molecule has 0 unspecified atom stereocenters. The summed E-state index contributed by atoms with van der Waals surface area (Å²) in [5.41, 5.74) is -1.84. The maximum Gasteiger partial charge on any atom is 0.278 e. The summed E-state index contributed by atoms with van der Waals surface area (Å²) in [6.07, 6.45) is 0. The summed E-state index contributed by atoms with van der Waals surface area (Å²) >= 11 is 37.0. The summed E-state index contributed by atoms with van der Waals surface area (Å²) in [6, 6.07) is 33.0. The molecule has 0 saturated carbocycles. The monoisotopic (exact) mass is 1800 g/mol. The van der Waals surface area contributed by atoms with Gasteiger partial charge in [-0.15, -0.1) is 40.9 Å². The Kier molecular flexibility index (Phi) is 24.2. The first kappa shape index (κ1) is 88.0. The Morgan fingerprint density at radius 1 is 0.246 bits per heavy atom. The van der Waals surface area contributed by atoms with Crippen LogP contribution in [0.1, 0.15) is 150 Å². The van der Waals surface area contributed by atoms with Crippen LogP contribution in [-0.2, 0) is 28.2 Å². The zero-order chi connectivity index (χ0) is 91.5. The van der Waals surface area contributed by atoms with Gasteiger partial charge in [0.2, 0.25) is 22.7 Å². The van der Waals surface area contributed by atoms with Crippen molar-refractivity contribution >= 4 is 184 Å². The molecule has 0 spiro atoms. The second-order valence-corrected chi connectivity index (χ2v) is 30.0. The van der Waals surface area contributed by atoms with Crippen LogP contribution >= 0.6 is 69.6 Å². The first-order valence-corrected chi connectivity index (χ1v) is 38.5. The largest absolute Gasteiger partial charge is 0.503 e. The molecule has 0 amide bonds. The van der Waals surface area contributed by atoms with Crippen LogP contribution in [0.15, 0.2) is 194 Å². The van der Waals surface area contributed by atoms with E-state index >= 15 is 0 Å². The van der Waals surface area contributed by atoms with Gasteiger partial charge in [-0.25, -0.2) is 19.4 Å². The number of carbonyl (C=O) groups excluding carboxylic acids is 8. The summed E-state index contributed by atoms with van der Waals surface area (Å²) in [5, 5.41) is 72.8. The maximum atomic E-state index is 13.3. The number of rotatable bonds is 8. The molecule has 620 valence electrons. The van der Waals surface area contributed by atoms with Crippen LogP contribution in [0.3, 0.4) is 0 Å². The van der Waals surface area contributed by atoms with Crippen molar-refractivity contribution < 1.29 is 58.8 Å². The number of azo groups is 4. The lowest BCUT2D eigenvalue weighted by atomic mass is 9.83.